The van der Waals surface area contributed by atoms with E-state index in [4.69, 9.17) is 11.5 Å². The van der Waals surface area contributed by atoms with Crippen molar-refractivity contribution in [3.63, 3.8) is 0 Å². The van der Waals surface area contributed by atoms with Crippen LogP contribution < -0.4 is 16.8 Å². The molecule has 2 heterocycles. The number of hydrogen-bond acceptors (Lipinski definition) is 7. The summed E-state index contributed by atoms with van der Waals surface area (Å²) in [7, 11) is 0. The Kier molecular flexibility index (Phi) is 6.19. The highest BCUT2D eigenvalue weighted by Crippen LogP contribution is 2.24. The van der Waals surface area contributed by atoms with Crippen LogP contribution in [0.5, 0.6) is 0 Å². The maximum atomic E-state index is 13.0. The number of carbonyl (C=O) groups excluding carboxylic acids is 3. The minimum atomic E-state index is -0.800. The summed E-state index contributed by atoms with van der Waals surface area (Å²) in [5.74, 6) is -1.51. The maximum absolute atomic E-state index is 13.0. The molecule has 0 spiro atoms. The van der Waals surface area contributed by atoms with E-state index in [2.05, 4.69) is 14.7 Å². The molecule has 0 aromatic carbocycles. The molecule has 2 aromatic heterocycles. The Morgan fingerprint density at radius 2 is 2.04 bits per heavy atom. The van der Waals surface area contributed by atoms with E-state index in [1.54, 1.807) is 18.5 Å². The number of anilines is 1. The summed E-state index contributed by atoms with van der Waals surface area (Å²) in [5.41, 5.74) is 11.7. The first-order valence-corrected chi connectivity index (χ1v) is 9.75. The number of carbonyl (C=O) groups is 3. The minimum Gasteiger partial charge on any atom is -0.395 e. The van der Waals surface area contributed by atoms with E-state index in [-0.39, 0.29) is 41.3 Å². The third-order valence-electron chi connectivity index (χ3n) is 4.59. The van der Waals surface area contributed by atoms with Crippen molar-refractivity contribution in [2.24, 2.45) is 5.73 Å². The van der Waals surface area contributed by atoms with Crippen LogP contribution in [0.4, 0.5) is 5.69 Å². The zero-order chi connectivity index (χ0) is 20.1. The second-order valence-corrected chi connectivity index (χ2v) is 7.48. The molecule has 148 valence electrons. The van der Waals surface area contributed by atoms with E-state index in [1.165, 1.54) is 4.90 Å². The number of primary amides is 1. The first-order chi connectivity index (χ1) is 13.5. The highest BCUT2D eigenvalue weighted by Gasteiger charge is 2.27. The predicted octanol–water partition coefficient (Wildman–Crippen LogP) is 0.920. The van der Waals surface area contributed by atoms with Crippen molar-refractivity contribution < 1.29 is 14.4 Å². The Morgan fingerprint density at radius 3 is 2.64 bits per heavy atom. The molecule has 3 amide bonds. The van der Waals surface area contributed by atoms with Crippen LogP contribution in [0.3, 0.4) is 0 Å². The smallest absolute Gasteiger partial charge is 0.270 e. The fraction of sp³-hybridized carbons (Fsp3) is 0.389. The Hall–Kier alpha value is -3.01. The first kappa shape index (κ1) is 19.7. The molecule has 9 nitrogen and oxygen atoms in total. The molecule has 5 N–H and O–H groups in total. The molecular formula is C18H22N6O3S. The van der Waals surface area contributed by atoms with Gasteiger partial charge in [-0.05, 0) is 36.0 Å². The number of rotatable bonds is 7. The molecule has 28 heavy (non-hydrogen) atoms. The van der Waals surface area contributed by atoms with E-state index < -0.39 is 11.8 Å². The van der Waals surface area contributed by atoms with Crippen molar-refractivity contribution in [3.05, 3.63) is 40.7 Å². The van der Waals surface area contributed by atoms with Gasteiger partial charge in [0.25, 0.3) is 11.8 Å². The Labute approximate surface area is 166 Å². The van der Waals surface area contributed by atoms with Crippen molar-refractivity contribution in [2.45, 2.75) is 38.3 Å². The molecule has 0 saturated heterocycles. The zero-order valence-corrected chi connectivity index (χ0v) is 16.1. The van der Waals surface area contributed by atoms with Crippen molar-refractivity contribution >= 4 is 34.9 Å². The summed E-state index contributed by atoms with van der Waals surface area (Å²) in [6.45, 7) is 0.0431. The number of hydrogen-bond donors (Lipinski definition) is 3. The molecule has 0 aliphatic heterocycles. The van der Waals surface area contributed by atoms with Crippen molar-refractivity contribution in [1.82, 2.24) is 19.6 Å². The first-order valence-electron chi connectivity index (χ1n) is 8.98. The SMILES string of the molecule is NC(=O)c1nsc(C(=O)N(CC(=O)NC2CCCC2)Cc2cccnc2)c1N. The average molecular weight is 402 g/mol. The van der Waals surface area contributed by atoms with Crippen LogP contribution in [0.25, 0.3) is 0 Å². The summed E-state index contributed by atoms with van der Waals surface area (Å²) in [6.07, 6.45) is 7.34. The molecular weight excluding hydrogens is 380 g/mol. The van der Waals surface area contributed by atoms with Crippen molar-refractivity contribution in [1.29, 1.82) is 0 Å². The Bertz CT molecular complexity index is 863. The lowest BCUT2D eigenvalue weighted by atomic mass is 10.2. The molecule has 0 atom stereocenters. The molecule has 3 rings (SSSR count). The number of aromatic nitrogens is 2. The highest BCUT2D eigenvalue weighted by atomic mass is 32.1. The van der Waals surface area contributed by atoms with Gasteiger partial charge in [-0.1, -0.05) is 18.9 Å². The lowest BCUT2D eigenvalue weighted by Crippen LogP contribution is -2.43. The number of nitrogens with zero attached hydrogens (tertiary/aromatic N) is 3. The Balaban J connectivity index is 1.79. The summed E-state index contributed by atoms with van der Waals surface area (Å²) in [4.78, 5) is 42.4. The molecule has 1 fully saturated rings. The van der Waals surface area contributed by atoms with Gasteiger partial charge in [0.15, 0.2) is 5.69 Å². The monoisotopic (exact) mass is 402 g/mol. The van der Waals surface area contributed by atoms with E-state index in [0.717, 1.165) is 42.8 Å². The maximum Gasteiger partial charge on any atom is 0.270 e. The molecule has 0 radical (unpaired) electrons. The molecule has 1 aliphatic rings. The van der Waals surface area contributed by atoms with E-state index in [9.17, 15) is 14.4 Å². The van der Waals surface area contributed by atoms with Gasteiger partial charge in [-0.2, -0.15) is 4.37 Å². The lowest BCUT2D eigenvalue weighted by Gasteiger charge is -2.23. The van der Waals surface area contributed by atoms with Crippen LogP contribution in [0.15, 0.2) is 24.5 Å². The molecule has 1 saturated carbocycles. The summed E-state index contributed by atoms with van der Waals surface area (Å²) < 4.78 is 3.87. The molecule has 2 aromatic rings. The van der Waals surface area contributed by atoms with Gasteiger partial charge in [0.05, 0.1) is 5.69 Å². The van der Waals surface area contributed by atoms with E-state index >= 15 is 0 Å². The van der Waals surface area contributed by atoms with E-state index in [1.807, 2.05) is 6.07 Å². The lowest BCUT2D eigenvalue weighted by molar-refractivity contribution is -0.122. The topological polar surface area (TPSA) is 144 Å². The third kappa shape index (κ3) is 4.63. The van der Waals surface area contributed by atoms with Gasteiger partial charge in [0.1, 0.15) is 11.4 Å². The minimum absolute atomic E-state index is 0.0603. The number of nitrogen functional groups attached to an aromatic ring is 1. The number of nitrogens with one attached hydrogen (secondary N) is 1. The van der Waals surface area contributed by atoms with Gasteiger partial charge in [-0.15, -0.1) is 0 Å². The third-order valence-corrected chi connectivity index (χ3v) is 5.44. The summed E-state index contributed by atoms with van der Waals surface area (Å²) in [6, 6.07) is 3.72. The fourth-order valence-electron chi connectivity index (χ4n) is 3.20. The van der Waals surface area contributed by atoms with Gasteiger partial charge >= 0.3 is 0 Å². The molecule has 0 unspecified atom stereocenters. The van der Waals surface area contributed by atoms with Crippen LogP contribution in [0.1, 0.15) is 51.4 Å². The summed E-state index contributed by atoms with van der Waals surface area (Å²) >= 11 is 0.797. The molecule has 10 heteroatoms. The van der Waals surface area contributed by atoms with Gasteiger partial charge in [0, 0.05) is 25.0 Å². The number of pyridine rings is 1. The standard InChI is InChI=1S/C18H22N6O3S/c19-14-15(17(20)26)23-28-16(14)18(27)24(9-11-4-3-7-21-8-11)10-13(25)22-12-5-1-2-6-12/h3-4,7-8,12H,1-2,5-6,9-10,19H2,(H2,20,26)(H,22,25). The molecule has 0 bridgehead atoms. The largest absolute Gasteiger partial charge is 0.395 e. The van der Waals surface area contributed by atoms with Gasteiger partial charge in [-0.3, -0.25) is 19.4 Å². The van der Waals surface area contributed by atoms with Crippen LogP contribution in [-0.2, 0) is 11.3 Å². The fourth-order valence-corrected chi connectivity index (χ4v) is 3.97. The Morgan fingerprint density at radius 1 is 1.29 bits per heavy atom. The van der Waals surface area contributed by atoms with Gasteiger partial charge < -0.3 is 21.7 Å². The normalized spacial score (nSPS) is 14.0. The quantitative estimate of drug-likeness (QED) is 0.628. The predicted molar refractivity (Wildman–Crippen MR) is 104 cm³/mol. The van der Waals surface area contributed by atoms with Crippen LogP contribution >= 0.6 is 11.5 Å². The van der Waals surface area contributed by atoms with E-state index in [0.29, 0.717) is 0 Å². The number of amides is 3. The molecule has 1 aliphatic carbocycles. The second-order valence-electron chi connectivity index (χ2n) is 6.71. The number of nitrogens with two attached hydrogens (primary N) is 2. The van der Waals surface area contributed by atoms with Crippen LogP contribution in [-0.4, -0.2) is 44.6 Å². The second kappa shape index (κ2) is 8.79. The van der Waals surface area contributed by atoms with Gasteiger partial charge in [-0.25, -0.2) is 0 Å². The summed E-state index contributed by atoms with van der Waals surface area (Å²) in [5, 5.41) is 2.97. The van der Waals surface area contributed by atoms with Crippen molar-refractivity contribution in [3.8, 4) is 0 Å². The average Bonchev–Trinajstić information content (AvgIpc) is 3.31. The highest BCUT2D eigenvalue weighted by molar-refractivity contribution is 7.09. The van der Waals surface area contributed by atoms with Gasteiger partial charge in [0.2, 0.25) is 5.91 Å². The zero-order valence-electron chi connectivity index (χ0n) is 15.3. The van der Waals surface area contributed by atoms with Crippen LogP contribution in [0.2, 0.25) is 0 Å². The van der Waals surface area contributed by atoms with Crippen molar-refractivity contribution in [2.75, 3.05) is 12.3 Å². The van der Waals surface area contributed by atoms with Crippen LogP contribution in [0, 0.1) is 0 Å².